The van der Waals surface area contributed by atoms with Crippen LogP contribution in [0.4, 0.5) is 15.2 Å². The van der Waals surface area contributed by atoms with Gasteiger partial charge in [0, 0.05) is 17.8 Å². The number of Topliss-reactive ketones (excluding diaryl/α,β-unsaturated/α-hetero) is 1. The van der Waals surface area contributed by atoms with E-state index < -0.39 is 10.0 Å². The Balaban J connectivity index is 1.48. The number of rotatable bonds is 10. The number of nitrogens with one attached hydrogen (secondary N) is 2. The van der Waals surface area contributed by atoms with Crippen molar-refractivity contribution >= 4 is 49.7 Å². The van der Waals surface area contributed by atoms with Gasteiger partial charge in [0.2, 0.25) is 15.2 Å². The largest absolute Gasteiger partial charge is 0.330 e. The van der Waals surface area contributed by atoms with Crippen molar-refractivity contribution in [2.45, 2.75) is 10.8 Å². The maximum Gasteiger partial charge on any atom is 0.210 e. The first kappa shape index (κ1) is 22.3. The predicted molar refractivity (Wildman–Crippen MR) is 118 cm³/mol. The maximum absolute atomic E-state index is 13.0. The fourth-order valence-corrected chi connectivity index (χ4v) is 4.56. The van der Waals surface area contributed by atoms with Crippen molar-refractivity contribution < 1.29 is 17.6 Å². The number of aromatic nitrogens is 2. The Morgan fingerprint density at radius 2 is 1.80 bits per heavy atom. The van der Waals surface area contributed by atoms with Gasteiger partial charge in [0.1, 0.15) is 5.82 Å². The van der Waals surface area contributed by atoms with E-state index >= 15 is 0 Å². The van der Waals surface area contributed by atoms with Crippen molar-refractivity contribution in [3.8, 4) is 0 Å². The van der Waals surface area contributed by atoms with Crippen LogP contribution in [-0.2, 0) is 16.4 Å². The molecule has 2 aromatic carbocycles. The van der Waals surface area contributed by atoms with E-state index in [9.17, 15) is 17.6 Å². The summed E-state index contributed by atoms with van der Waals surface area (Å²) in [4.78, 5) is 12.4. The lowest BCUT2D eigenvalue weighted by molar-refractivity contribution is 0.102. The molecule has 11 heteroatoms. The van der Waals surface area contributed by atoms with Gasteiger partial charge in [-0.1, -0.05) is 47.4 Å². The molecule has 0 unspecified atom stereocenters. The zero-order chi connectivity index (χ0) is 21.6. The third kappa shape index (κ3) is 7.17. The van der Waals surface area contributed by atoms with Gasteiger partial charge in [0.05, 0.1) is 12.0 Å². The van der Waals surface area contributed by atoms with E-state index in [1.165, 1.54) is 35.2 Å². The number of halogens is 1. The molecule has 7 nitrogen and oxygen atoms in total. The summed E-state index contributed by atoms with van der Waals surface area (Å²) in [6.45, 7) is 0.313. The Hall–Kier alpha value is -2.34. The fraction of sp³-hybridized carbons (Fsp3) is 0.211. The average molecular weight is 467 g/mol. The van der Waals surface area contributed by atoms with Gasteiger partial charge in [-0.05, 0) is 36.2 Å². The van der Waals surface area contributed by atoms with Crippen LogP contribution < -0.4 is 10.0 Å². The Bertz CT molecular complexity index is 1100. The number of carbonyl (C=O) groups is 1. The lowest BCUT2D eigenvalue weighted by atomic mass is 10.1. The summed E-state index contributed by atoms with van der Waals surface area (Å²) in [5.74, 6) is -0.129. The Morgan fingerprint density at radius 3 is 2.47 bits per heavy atom. The Kier molecular flexibility index (Phi) is 7.53. The fourth-order valence-electron chi connectivity index (χ4n) is 2.42. The smallest absolute Gasteiger partial charge is 0.210 e. The van der Waals surface area contributed by atoms with Gasteiger partial charge in [-0.15, -0.1) is 10.2 Å². The molecular weight excluding hydrogens is 447 g/mol. The molecule has 1 heterocycles. The molecule has 30 heavy (non-hydrogen) atoms. The second kappa shape index (κ2) is 10.1. The van der Waals surface area contributed by atoms with Crippen LogP contribution in [0.2, 0.25) is 0 Å². The summed E-state index contributed by atoms with van der Waals surface area (Å²) in [7, 11) is -3.20. The molecule has 0 saturated heterocycles. The number of nitrogens with zero attached hydrogens (tertiary/aromatic N) is 2. The molecule has 0 spiro atoms. The SMILES string of the molecule is CS(=O)(=O)NCCc1ccc(C(=O)CSc2nnc(Nc3ccc(F)cc3)s2)cc1. The second-order valence-corrected chi connectivity index (χ2v) is 10.4. The lowest BCUT2D eigenvalue weighted by Gasteiger charge is -2.04. The van der Waals surface area contributed by atoms with Crippen LogP contribution in [0, 0.1) is 5.82 Å². The van der Waals surface area contributed by atoms with Crippen LogP contribution in [0.15, 0.2) is 52.9 Å². The first-order valence-corrected chi connectivity index (χ1v) is 12.5. The van der Waals surface area contributed by atoms with Gasteiger partial charge in [-0.2, -0.15) is 0 Å². The van der Waals surface area contributed by atoms with Gasteiger partial charge >= 0.3 is 0 Å². The number of thioether (sulfide) groups is 1. The quantitative estimate of drug-likeness (QED) is 0.348. The third-order valence-corrected chi connectivity index (χ3v) is 6.58. The summed E-state index contributed by atoms with van der Waals surface area (Å²) in [5, 5.41) is 11.7. The molecule has 158 valence electrons. The molecule has 0 bridgehead atoms. The van der Waals surface area contributed by atoms with Crippen LogP contribution in [0.1, 0.15) is 15.9 Å². The number of hydrogen-bond donors (Lipinski definition) is 2. The highest BCUT2D eigenvalue weighted by atomic mass is 32.2. The van der Waals surface area contributed by atoms with E-state index in [4.69, 9.17) is 0 Å². The van der Waals surface area contributed by atoms with E-state index in [-0.39, 0.29) is 17.4 Å². The average Bonchev–Trinajstić information content (AvgIpc) is 3.15. The maximum atomic E-state index is 13.0. The Labute approximate surface area is 182 Å². The van der Waals surface area contributed by atoms with Crippen LogP contribution >= 0.6 is 23.1 Å². The zero-order valence-corrected chi connectivity index (χ0v) is 18.4. The molecule has 2 N–H and O–H groups in total. The van der Waals surface area contributed by atoms with Crippen LogP contribution in [0.3, 0.4) is 0 Å². The van der Waals surface area contributed by atoms with Crippen molar-refractivity contribution in [1.29, 1.82) is 0 Å². The first-order chi connectivity index (χ1) is 14.3. The number of carbonyl (C=O) groups excluding carboxylic acids is 1. The minimum absolute atomic E-state index is 0.0379. The molecule has 3 aromatic rings. The number of ketones is 1. The molecule has 0 atom stereocenters. The highest BCUT2D eigenvalue weighted by Gasteiger charge is 2.11. The molecule has 0 amide bonds. The van der Waals surface area contributed by atoms with E-state index in [1.807, 2.05) is 12.1 Å². The van der Waals surface area contributed by atoms with Gasteiger partial charge in [0.15, 0.2) is 10.1 Å². The van der Waals surface area contributed by atoms with Crippen LogP contribution in [0.25, 0.3) is 0 Å². The first-order valence-electron chi connectivity index (χ1n) is 8.84. The van der Waals surface area contributed by atoms with Crippen molar-refractivity contribution in [2.24, 2.45) is 0 Å². The number of anilines is 2. The van der Waals surface area contributed by atoms with Crippen molar-refractivity contribution in [2.75, 3.05) is 23.9 Å². The lowest BCUT2D eigenvalue weighted by Crippen LogP contribution is -2.24. The van der Waals surface area contributed by atoms with E-state index in [2.05, 4.69) is 20.2 Å². The molecule has 1 aromatic heterocycles. The monoisotopic (exact) mass is 466 g/mol. The molecule has 3 rings (SSSR count). The standard InChI is InChI=1S/C19H19FN4O3S3/c1-30(26,27)21-11-10-13-2-4-14(5-3-13)17(25)12-28-19-24-23-18(29-19)22-16-8-6-15(20)7-9-16/h2-9,21H,10-12H2,1H3,(H,22,23). The summed E-state index contributed by atoms with van der Waals surface area (Å²) >= 11 is 2.61. The van der Waals surface area contributed by atoms with E-state index in [0.717, 1.165) is 11.8 Å². The van der Waals surface area contributed by atoms with Gasteiger partial charge < -0.3 is 5.32 Å². The molecule has 0 aliphatic carbocycles. The molecule has 0 radical (unpaired) electrons. The second-order valence-electron chi connectivity index (χ2n) is 6.33. The molecule has 0 saturated carbocycles. The summed E-state index contributed by atoms with van der Waals surface area (Å²) in [6, 6.07) is 13.0. The van der Waals surface area contributed by atoms with Gasteiger partial charge in [-0.25, -0.2) is 17.5 Å². The molecular formula is C19H19FN4O3S3. The van der Waals surface area contributed by atoms with Crippen molar-refractivity contribution in [3.05, 3.63) is 65.5 Å². The molecule has 0 fully saturated rings. The third-order valence-electron chi connectivity index (χ3n) is 3.88. The number of benzene rings is 2. The van der Waals surface area contributed by atoms with Gasteiger partial charge in [-0.3, -0.25) is 4.79 Å². The summed E-state index contributed by atoms with van der Waals surface area (Å²) < 4.78 is 38.2. The highest BCUT2D eigenvalue weighted by Crippen LogP contribution is 2.28. The van der Waals surface area contributed by atoms with Crippen LogP contribution in [0.5, 0.6) is 0 Å². The van der Waals surface area contributed by atoms with E-state index in [1.54, 1.807) is 24.3 Å². The minimum atomic E-state index is -3.20. The minimum Gasteiger partial charge on any atom is -0.330 e. The molecule has 0 aliphatic heterocycles. The predicted octanol–water partition coefficient (Wildman–Crippen LogP) is 3.49. The summed E-state index contributed by atoms with van der Waals surface area (Å²) in [6.07, 6.45) is 1.66. The number of hydrogen-bond acceptors (Lipinski definition) is 8. The molecule has 0 aliphatic rings. The van der Waals surface area contributed by atoms with E-state index in [0.29, 0.717) is 33.7 Å². The Morgan fingerprint density at radius 1 is 1.10 bits per heavy atom. The zero-order valence-electron chi connectivity index (χ0n) is 16.0. The highest BCUT2D eigenvalue weighted by molar-refractivity contribution is 8.01. The van der Waals surface area contributed by atoms with Gasteiger partial charge in [0.25, 0.3) is 0 Å². The normalized spacial score (nSPS) is 11.4. The number of sulfonamides is 1. The van der Waals surface area contributed by atoms with Crippen molar-refractivity contribution in [3.63, 3.8) is 0 Å². The summed E-state index contributed by atoms with van der Waals surface area (Å²) in [5.41, 5.74) is 2.22. The van der Waals surface area contributed by atoms with Crippen LogP contribution in [-0.4, -0.2) is 43.0 Å². The van der Waals surface area contributed by atoms with Crippen molar-refractivity contribution in [1.82, 2.24) is 14.9 Å². The topological polar surface area (TPSA) is 101 Å².